The molecule has 0 aliphatic carbocycles. The first kappa shape index (κ1) is 20.3. The van der Waals surface area contributed by atoms with Crippen molar-refractivity contribution in [3.05, 3.63) is 105 Å². The Morgan fingerprint density at radius 2 is 1.70 bits per heavy atom. The van der Waals surface area contributed by atoms with E-state index in [9.17, 15) is 14.0 Å². The number of hydrogen-bond acceptors (Lipinski definition) is 4. The van der Waals surface area contributed by atoms with Crippen molar-refractivity contribution in [1.29, 1.82) is 0 Å². The molecule has 0 saturated carbocycles. The van der Waals surface area contributed by atoms with Crippen molar-refractivity contribution in [2.24, 2.45) is 0 Å². The summed E-state index contributed by atoms with van der Waals surface area (Å²) >= 11 is 7.08. The Morgan fingerprint density at radius 3 is 2.43 bits per heavy atom. The van der Waals surface area contributed by atoms with Crippen LogP contribution in [0, 0.1) is 5.82 Å². The van der Waals surface area contributed by atoms with Crippen molar-refractivity contribution in [1.82, 2.24) is 9.55 Å². The summed E-state index contributed by atoms with van der Waals surface area (Å²) in [6.45, 7) is 0.231. The van der Waals surface area contributed by atoms with Crippen LogP contribution in [0.5, 0.6) is 0 Å². The van der Waals surface area contributed by atoms with E-state index in [1.807, 2.05) is 6.07 Å². The highest BCUT2D eigenvalue weighted by molar-refractivity contribution is 7.99. The molecule has 0 bridgehead atoms. The van der Waals surface area contributed by atoms with Crippen molar-refractivity contribution in [3.63, 3.8) is 0 Å². The van der Waals surface area contributed by atoms with E-state index in [4.69, 9.17) is 11.6 Å². The minimum Gasteiger partial charge on any atom is -0.293 e. The lowest BCUT2D eigenvalue weighted by Gasteiger charge is -2.13. The van der Waals surface area contributed by atoms with Gasteiger partial charge >= 0.3 is 0 Å². The van der Waals surface area contributed by atoms with Crippen LogP contribution in [-0.2, 0) is 6.54 Å². The van der Waals surface area contributed by atoms with Gasteiger partial charge in [0.1, 0.15) is 5.82 Å². The second-order valence-corrected chi connectivity index (χ2v) is 8.03. The Balaban J connectivity index is 1.68. The molecule has 0 fully saturated rings. The van der Waals surface area contributed by atoms with Crippen LogP contribution in [0.25, 0.3) is 10.9 Å². The van der Waals surface area contributed by atoms with Crippen molar-refractivity contribution in [2.45, 2.75) is 11.7 Å². The third kappa shape index (κ3) is 4.45. The van der Waals surface area contributed by atoms with E-state index in [1.54, 1.807) is 54.6 Å². The van der Waals surface area contributed by atoms with Crippen LogP contribution >= 0.6 is 23.4 Å². The Labute approximate surface area is 181 Å². The summed E-state index contributed by atoms with van der Waals surface area (Å²) in [7, 11) is 0. The molecular formula is C23H16ClFN2O2S. The maximum Gasteiger partial charge on any atom is 0.262 e. The molecule has 4 rings (SSSR count). The zero-order valence-corrected chi connectivity index (χ0v) is 17.3. The minimum atomic E-state index is -0.342. The van der Waals surface area contributed by atoms with Gasteiger partial charge in [-0.05, 0) is 54.1 Å². The predicted octanol–water partition coefficient (Wildman–Crippen LogP) is 5.21. The van der Waals surface area contributed by atoms with Crippen LogP contribution in [0.4, 0.5) is 4.39 Å². The predicted molar refractivity (Wildman–Crippen MR) is 118 cm³/mol. The maximum atomic E-state index is 13.3. The minimum absolute atomic E-state index is 0.0904. The normalized spacial score (nSPS) is 11.0. The number of benzene rings is 3. The lowest BCUT2D eigenvalue weighted by molar-refractivity contribution is 0.102. The van der Waals surface area contributed by atoms with E-state index in [1.165, 1.54) is 28.5 Å². The lowest BCUT2D eigenvalue weighted by atomic mass is 10.1. The summed E-state index contributed by atoms with van der Waals surface area (Å²) in [5.41, 5.74) is 1.67. The summed E-state index contributed by atoms with van der Waals surface area (Å²) in [6, 6.07) is 19.7. The summed E-state index contributed by atoms with van der Waals surface area (Å²) in [5.74, 6) is -0.311. The van der Waals surface area contributed by atoms with Gasteiger partial charge in [-0.15, -0.1) is 0 Å². The molecule has 0 amide bonds. The second kappa shape index (κ2) is 8.81. The number of carbonyl (C=O) groups excluding carboxylic acids is 1. The third-order valence-corrected chi connectivity index (χ3v) is 5.81. The number of para-hydroxylation sites is 1. The first-order valence-electron chi connectivity index (χ1n) is 9.17. The van der Waals surface area contributed by atoms with Crippen LogP contribution in [-0.4, -0.2) is 21.1 Å². The fourth-order valence-corrected chi connectivity index (χ4v) is 4.04. The molecule has 0 unspecified atom stereocenters. The van der Waals surface area contributed by atoms with Crippen LogP contribution in [0.3, 0.4) is 0 Å². The van der Waals surface area contributed by atoms with E-state index in [-0.39, 0.29) is 29.5 Å². The second-order valence-electron chi connectivity index (χ2n) is 6.65. The summed E-state index contributed by atoms with van der Waals surface area (Å²) in [6.07, 6.45) is 0. The molecule has 3 aromatic carbocycles. The zero-order valence-electron chi connectivity index (χ0n) is 15.7. The van der Waals surface area contributed by atoms with Crippen molar-refractivity contribution >= 4 is 40.0 Å². The number of halogens is 2. The van der Waals surface area contributed by atoms with E-state index < -0.39 is 0 Å². The first-order valence-corrected chi connectivity index (χ1v) is 10.5. The number of thioether (sulfide) groups is 1. The number of Topliss-reactive ketones (excluding diaryl/α,β-unsaturated/α-hetero) is 1. The molecule has 0 saturated heterocycles. The van der Waals surface area contributed by atoms with E-state index in [2.05, 4.69) is 4.98 Å². The molecule has 0 aliphatic heterocycles. The third-order valence-electron chi connectivity index (χ3n) is 4.58. The molecule has 0 spiro atoms. The van der Waals surface area contributed by atoms with Crippen LogP contribution < -0.4 is 5.56 Å². The van der Waals surface area contributed by atoms with E-state index in [0.717, 1.165) is 5.56 Å². The quantitative estimate of drug-likeness (QED) is 0.235. The number of rotatable bonds is 6. The maximum absolute atomic E-state index is 13.3. The molecule has 1 heterocycles. The average Bonchev–Trinajstić information content (AvgIpc) is 2.76. The van der Waals surface area contributed by atoms with E-state index >= 15 is 0 Å². The van der Waals surface area contributed by atoms with Gasteiger partial charge in [-0.3, -0.25) is 14.2 Å². The number of fused-ring (bicyclic) bond motifs is 1. The van der Waals surface area contributed by atoms with Gasteiger partial charge in [-0.25, -0.2) is 9.37 Å². The molecule has 1 aromatic heterocycles. The fourth-order valence-electron chi connectivity index (χ4n) is 3.02. The molecule has 150 valence electrons. The van der Waals surface area contributed by atoms with Crippen LogP contribution in [0.1, 0.15) is 15.9 Å². The first-order chi connectivity index (χ1) is 14.5. The molecule has 30 heavy (non-hydrogen) atoms. The molecular weight excluding hydrogens is 423 g/mol. The van der Waals surface area contributed by atoms with Gasteiger partial charge in [0.15, 0.2) is 10.9 Å². The molecule has 0 radical (unpaired) electrons. The standard InChI is InChI=1S/C23H16ClFN2O2S/c24-17-9-7-16(8-10-17)21(28)14-30-23-26-20-4-2-1-3-19(20)22(29)27(23)13-15-5-11-18(25)12-6-15/h1-12H,13-14H2. The SMILES string of the molecule is O=C(CSc1nc2ccccc2c(=O)n1Cc1ccc(F)cc1)c1ccc(Cl)cc1. The largest absolute Gasteiger partial charge is 0.293 e. The number of hydrogen-bond donors (Lipinski definition) is 0. The van der Waals surface area contributed by atoms with Crippen molar-refractivity contribution in [3.8, 4) is 0 Å². The highest BCUT2D eigenvalue weighted by atomic mass is 35.5. The molecule has 0 N–H and O–H groups in total. The van der Waals surface area contributed by atoms with Gasteiger partial charge < -0.3 is 0 Å². The van der Waals surface area contributed by atoms with Gasteiger partial charge in [0, 0.05) is 10.6 Å². The average molecular weight is 439 g/mol. The topological polar surface area (TPSA) is 52.0 Å². The Morgan fingerprint density at radius 1 is 1.00 bits per heavy atom. The Hall–Kier alpha value is -2.96. The van der Waals surface area contributed by atoms with Gasteiger partial charge in [-0.1, -0.05) is 47.6 Å². The van der Waals surface area contributed by atoms with Crippen LogP contribution in [0.2, 0.25) is 5.02 Å². The smallest absolute Gasteiger partial charge is 0.262 e. The summed E-state index contributed by atoms with van der Waals surface area (Å²) in [5, 5.41) is 1.49. The molecule has 0 atom stereocenters. The number of ketones is 1. The summed E-state index contributed by atoms with van der Waals surface area (Å²) < 4.78 is 14.8. The monoisotopic (exact) mass is 438 g/mol. The molecule has 0 aliphatic rings. The molecule has 7 heteroatoms. The zero-order chi connectivity index (χ0) is 21.1. The number of nitrogens with zero attached hydrogens (tertiary/aromatic N) is 2. The van der Waals surface area contributed by atoms with Crippen molar-refractivity contribution < 1.29 is 9.18 Å². The highest BCUT2D eigenvalue weighted by Crippen LogP contribution is 2.21. The Bertz CT molecular complexity index is 1270. The highest BCUT2D eigenvalue weighted by Gasteiger charge is 2.14. The van der Waals surface area contributed by atoms with Gasteiger partial charge in [0.25, 0.3) is 5.56 Å². The lowest BCUT2D eigenvalue weighted by Crippen LogP contribution is -2.24. The fraction of sp³-hybridized carbons (Fsp3) is 0.0870. The van der Waals surface area contributed by atoms with Crippen molar-refractivity contribution in [2.75, 3.05) is 5.75 Å². The van der Waals surface area contributed by atoms with Gasteiger partial charge in [-0.2, -0.15) is 0 Å². The summed E-state index contributed by atoms with van der Waals surface area (Å²) in [4.78, 5) is 30.3. The molecule has 4 aromatic rings. The van der Waals surface area contributed by atoms with Gasteiger partial charge in [0.05, 0.1) is 23.2 Å². The number of carbonyl (C=O) groups is 1. The number of aromatic nitrogens is 2. The van der Waals surface area contributed by atoms with E-state index in [0.29, 0.717) is 26.6 Å². The van der Waals surface area contributed by atoms with Gasteiger partial charge in [0.2, 0.25) is 0 Å². The molecule has 4 nitrogen and oxygen atoms in total. The van der Waals surface area contributed by atoms with Crippen LogP contribution in [0.15, 0.2) is 82.7 Å². The Kier molecular flexibility index (Phi) is 5.97.